The predicted octanol–water partition coefficient (Wildman–Crippen LogP) is -1.73. The summed E-state index contributed by atoms with van der Waals surface area (Å²) in [7, 11) is 0.205. The zero-order valence-electron chi connectivity index (χ0n) is 7.25. The molecule has 1 N–H and O–H groups in total. The second-order valence-corrected chi connectivity index (χ2v) is 5.39. The van der Waals surface area contributed by atoms with E-state index in [4.69, 9.17) is 5.11 Å². The lowest BCUT2D eigenvalue weighted by Crippen LogP contribution is -3.00. The molecule has 0 aliphatic carbocycles. The summed E-state index contributed by atoms with van der Waals surface area (Å²) in [4.78, 5) is 10.4. The van der Waals surface area contributed by atoms with Gasteiger partial charge in [-0.15, -0.1) is 0 Å². The Kier molecular flexibility index (Phi) is 6.01. The maximum Gasteiger partial charge on any atom is 0.353 e. The lowest BCUT2D eigenvalue weighted by molar-refractivity contribution is -0.133. The van der Waals surface area contributed by atoms with Crippen molar-refractivity contribution in [1.29, 1.82) is 0 Å². The Morgan fingerprint density at radius 2 is 2.33 bits per heavy atom. The van der Waals surface area contributed by atoms with Crippen LogP contribution >= 0.6 is 0 Å². The molecule has 0 saturated carbocycles. The van der Waals surface area contributed by atoms with Crippen LogP contribution in [0.1, 0.15) is 26.2 Å². The highest BCUT2D eigenvalue weighted by Crippen LogP contribution is 2.24. The molecule has 0 bridgehead atoms. The van der Waals surface area contributed by atoms with E-state index in [2.05, 4.69) is 6.92 Å². The zero-order valence-corrected chi connectivity index (χ0v) is 9.66. The molecule has 1 aliphatic rings. The van der Waals surface area contributed by atoms with Gasteiger partial charge in [-0.2, -0.15) is 0 Å². The molecule has 0 amide bonds. The van der Waals surface area contributed by atoms with Crippen LogP contribution in [0.15, 0.2) is 0 Å². The van der Waals surface area contributed by atoms with E-state index in [-0.39, 0.29) is 27.9 Å². The van der Waals surface area contributed by atoms with Crippen LogP contribution in [0.5, 0.6) is 0 Å². The minimum Gasteiger partial charge on any atom is -1.00 e. The number of halogens is 1. The molecule has 1 rings (SSSR count). The van der Waals surface area contributed by atoms with Gasteiger partial charge >= 0.3 is 5.97 Å². The van der Waals surface area contributed by atoms with Gasteiger partial charge in [0.15, 0.2) is 0 Å². The van der Waals surface area contributed by atoms with Crippen molar-refractivity contribution in [2.45, 2.75) is 31.4 Å². The number of hydrogen-bond donors (Lipinski definition) is 1. The molecule has 2 nitrogen and oxygen atoms in total. The average molecular weight is 255 g/mol. The minimum atomic E-state index is -0.617. The van der Waals surface area contributed by atoms with Crippen molar-refractivity contribution in [3.8, 4) is 0 Å². The molecule has 0 aromatic rings. The fraction of sp³-hybridized carbons (Fsp3) is 0.875. The Morgan fingerprint density at radius 1 is 1.67 bits per heavy atom. The van der Waals surface area contributed by atoms with Gasteiger partial charge in [-0.25, -0.2) is 4.79 Å². The van der Waals surface area contributed by atoms with Crippen LogP contribution in [0.25, 0.3) is 0 Å². The first-order chi connectivity index (χ1) is 5.24. The quantitative estimate of drug-likeness (QED) is 0.608. The number of carboxylic acid groups (broad SMARTS) is 1. The first-order valence-corrected chi connectivity index (χ1v) is 5.74. The van der Waals surface area contributed by atoms with Gasteiger partial charge in [0.2, 0.25) is 5.75 Å². The van der Waals surface area contributed by atoms with E-state index in [0.29, 0.717) is 11.0 Å². The fourth-order valence-electron chi connectivity index (χ4n) is 1.62. The van der Waals surface area contributed by atoms with Crippen LogP contribution in [0.3, 0.4) is 0 Å². The number of hydrogen-bond acceptors (Lipinski definition) is 1. The second kappa shape index (κ2) is 5.86. The van der Waals surface area contributed by atoms with E-state index < -0.39 is 5.97 Å². The molecule has 1 heterocycles. The Balaban J connectivity index is 0.00000121. The molecule has 4 heteroatoms. The fourth-order valence-corrected chi connectivity index (χ4v) is 4.16. The lowest BCUT2D eigenvalue weighted by Gasteiger charge is -2.05. The van der Waals surface area contributed by atoms with Crippen LogP contribution in [0.4, 0.5) is 0 Å². The van der Waals surface area contributed by atoms with Gasteiger partial charge in [-0.05, 0) is 19.3 Å². The van der Waals surface area contributed by atoms with Crippen molar-refractivity contribution >= 4 is 16.9 Å². The van der Waals surface area contributed by atoms with E-state index in [9.17, 15) is 4.79 Å². The van der Waals surface area contributed by atoms with E-state index >= 15 is 0 Å². The molecule has 1 aliphatic heterocycles. The van der Waals surface area contributed by atoms with Gasteiger partial charge in [-0.1, -0.05) is 6.92 Å². The van der Waals surface area contributed by atoms with Crippen LogP contribution in [-0.2, 0) is 15.7 Å². The maximum absolute atomic E-state index is 10.4. The Labute approximate surface area is 86.8 Å². The van der Waals surface area contributed by atoms with Crippen molar-refractivity contribution in [2.24, 2.45) is 0 Å². The summed E-state index contributed by atoms with van der Waals surface area (Å²) in [6.45, 7) is 2.16. The predicted molar refractivity (Wildman–Crippen MR) is 48.0 cm³/mol. The third-order valence-electron chi connectivity index (χ3n) is 2.17. The van der Waals surface area contributed by atoms with E-state index in [1.54, 1.807) is 0 Å². The monoisotopic (exact) mass is 254 g/mol. The van der Waals surface area contributed by atoms with Gasteiger partial charge < -0.3 is 22.1 Å². The van der Waals surface area contributed by atoms with E-state index in [1.807, 2.05) is 0 Å². The number of carbonyl (C=O) groups is 1. The largest absolute Gasteiger partial charge is 1.00 e. The summed E-state index contributed by atoms with van der Waals surface area (Å²) in [5.41, 5.74) is 0. The Morgan fingerprint density at radius 3 is 2.83 bits per heavy atom. The third-order valence-corrected chi connectivity index (χ3v) is 5.11. The summed E-state index contributed by atoms with van der Waals surface area (Å²) >= 11 is 0. The highest BCUT2D eigenvalue weighted by molar-refractivity contribution is 7.98. The summed E-state index contributed by atoms with van der Waals surface area (Å²) in [6.07, 6.45) is 3.66. The second-order valence-electron chi connectivity index (χ2n) is 2.95. The van der Waals surface area contributed by atoms with Gasteiger partial charge in [-0.3, -0.25) is 0 Å². The van der Waals surface area contributed by atoms with Gasteiger partial charge in [0.1, 0.15) is 11.0 Å². The molecule has 12 heavy (non-hydrogen) atoms. The van der Waals surface area contributed by atoms with E-state index in [1.165, 1.54) is 12.8 Å². The molecule has 1 fully saturated rings. The van der Waals surface area contributed by atoms with Crippen LogP contribution in [0, 0.1) is 0 Å². The molecule has 0 aromatic carbocycles. The maximum atomic E-state index is 10.4. The van der Waals surface area contributed by atoms with Crippen molar-refractivity contribution < 1.29 is 26.9 Å². The van der Waals surface area contributed by atoms with Gasteiger partial charge in [0.05, 0.1) is 0 Å². The third kappa shape index (κ3) is 3.35. The molecule has 0 spiro atoms. The topological polar surface area (TPSA) is 37.3 Å². The number of carboxylic acids is 1. The zero-order chi connectivity index (χ0) is 8.27. The first-order valence-electron chi connectivity index (χ1n) is 4.12. The van der Waals surface area contributed by atoms with Gasteiger partial charge in [0, 0.05) is 10.9 Å². The summed E-state index contributed by atoms with van der Waals surface area (Å²) in [6, 6.07) is 0. The SMILES string of the molecule is CCC1CCC[S+]1CC(=O)O.[Br-]. The number of aliphatic carboxylic acids is 1. The molecule has 2 unspecified atom stereocenters. The molecular weight excluding hydrogens is 240 g/mol. The standard InChI is InChI=1S/C8H14O2S.BrH/c1-2-7-4-3-5-11(7)6-8(9)10;/h7H,2-6H2,1H3;1H. The average Bonchev–Trinajstić information content (AvgIpc) is 2.34. The molecule has 0 radical (unpaired) electrons. The number of rotatable bonds is 3. The van der Waals surface area contributed by atoms with Crippen LogP contribution in [-0.4, -0.2) is 27.8 Å². The highest BCUT2D eigenvalue weighted by Gasteiger charge is 2.36. The molecule has 2 atom stereocenters. The van der Waals surface area contributed by atoms with Crippen molar-refractivity contribution in [1.82, 2.24) is 0 Å². The molecule has 1 saturated heterocycles. The smallest absolute Gasteiger partial charge is 0.353 e. The highest BCUT2D eigenvalue weighted by atomic mass is 79.9. The van der Waals surface area contributed by atoms with E-state index in [0.717, 1.165) is 12.2 Å². The van der Waals surface area contributed by atoms with Crippen LogP contribution < -0.4 is 17.0 Å². The lowest BCUT2D eigenvalue weighted by atomic mass is 10.2. The minimum absolute atomic E-state index is 0. The first kappa shape index (κ1) is 12.3. The summed E-state index contributed by atoms with van der Waals surface area (Å²) in [5.74, 6) is 0.956. The van der Waals surface area contributed by atoms with Crippen molar-refractivity contribution in [3.05, 3.63) is 0 Å². The van der Waals surface area contributed by atoms with Crippen LogP contribution in [0.2, 0.25) is 0 Å². The van der Waals surface area contributed by atoms with Crippen molar-refractivity contribution in [2.75, 3.05) is 11.5 Å². The normalized spacial score (nSPS) is 28.1. The molecule has 0 aromatic heterocycles. The molecule has 72 valence electrons. The molecular formula is C8H15BrO2S. The Hall–Kier alpha value is 0.300. The van der Waals surface area contributed by atoms with Crippen molar-refractivity contribution in [3.63, 3.8) is 0 Å². The summed E-state index contributed by atoms with van der Waals surface area (Å²) in [5, 5.41) is 9.31. The summed E-state index contributed by atoms with van der Waals surface area (Å²) < 4.78 is 0. The Bertz CT molecular complexity index is 152. The van der Waals surface area contributed by atoms with Gasteiger partial charge in [0.25, 0.3) is 0 Å².